The third-order valence-corrected chi connectivity index (χ3v) is 4.30. The molecule has 0 aliphatic heterocycles. The monoisotopic (exact) mass is 329 g/mol. The molecule has 0 saturated heterocycles. The molecule has 1 aromatic rings. The Hall–Kier alpha value is -0.930. The lowest BCUT2D eigenvalue weighted by molar-refractivity contribution is 0.659. The van der Waals surface area contributed by atoms with Gasteiger partial charge in [0.2, 0.25) is 0 Å². The van der Waals surface area contributed by atoms with Gasteiger partial charge in [-0.05, 0) is 28.6 Å². The van der Waals surface area contributed by atoms with E-state index in [4.69, 9.17) is 6.42 Å². The molecule has 0 aliphatic rings. The van der Waals surface area contributed by atoms with Crippen LogP contribution in [0.3, 0.4) is 0 Å². The minimum Gasteiger partial charge on any atom is -0.383 e. The summed E-state index contributed by atoms with van der Waals surface area (Å²) in [5.74, 6) is 2.39. The van der Waals surface area contributed by atoms with E-state index in [0.717, 1.165) is 13.0 Å². The summed E-state index contributed by atoms with van der Waals surface area (Å²) >= 11 is 5.10. The average molecular weight is 330 g/mol. The number of nitrogens with one attached hydrogen (secondary N) is 1. The van der Waals surface area contributed by atoms with Gasteiger partial charge in [-0.25, -0.2) is 4.68 Å². The highest BCUT2D eigenvalue weighted by atomic mass is 79.9. The van der Waals surface area contributed by atoms with Crippen LogP contribution in [0, 0.1) is 12.3 Å². The number of anilines is 1. The van der Waals surface area contributed by atoms with Crippen LogP contribution in [0.4, 0.5) is 5.69 Å². The fraction of sp³-hybridized carbons (Fsp3) is 0.500. The molecule has 0 saturated carbocycles. The molecule has 0 aromatic carbocycles. The Kier molecular flexibility index (Phi) is 6.30. The molecule has 1 aromatic heterocycles. The summed E-state index contributed by atoms with van der Waals surface area (Å²) in [7, 11) is 0. The van der Waals surface area contributed by atoms with E-state index in [9.17, 15) is 4.79 Å². The largest absolute Gasteiger partial charge is 0.383 e. The third kappa shape index (κ3) is 4.07. The molecular weight excluding hydrogens is 314 g/mol. The molecule has 18 heavy (non-hydrogen) atoms. The molecule has 1 atom stereocenters. The molecule has 6 heteroatoms. The van der Waals surface area contributed by atoms with Crippen molar-refractivity contribution in [1.82, 2.24) is 9.78 Å². The second-order valence-electron chi connectivity index (χ2n) is 3.80. The van der Waals surface area contributed by atoms with Gasteiger partial charge in [0.1, 0.15) is 11.0 Å². The van der Waals surface area contributed by atoms with Crippen molar-refractivity contribution in [1.29, 1.82) is 0 Å². The van der Waals surface area contributed by atoms with Gasteiger partial charge in [0.15, 0.2) is 0 Å². The van der Waals surface area contributed by atoms with Crippen LogP contribution in [-0.4, -0.2) is 27.8 Å². The molecule has 0 spiro atoms. The SMILES string of the molecule is C#CCn1ncc(NCCC(C)SC)c(Br)c1=O. The van der Waals surface area contributed by atoms with Gasteiger partial charge in [-0.15, -0.1) is 6.42 Å². The fourth-order valence-corrected chi connectivity index (χ4v) is 2.12. The van der Waals surface area contributed by atoms with Crippen LogP contribution in [0.1, 0.15) is 13.3 Å². The first-order chi connectivity index (χ1) is 8.60. The topological polar surface area (TPSA) is 46.9 Å². The summed E-state index contributed by atoms with van der Waals surface area (Å²) in [5.41, 5.74) is 0.498. The summed E-state index contributed by atoms with van der Waals surface area (Å²) in [6.45, 7) is 3.16. The van der Waals surface area contributed by atoms with Gasteiger partial charge in [-0.1, -0.05) is 12.8 Å². The molecule has 1 rings (SSSR count). The Morgan fingerprint density at radius 2 is 2.44 bits per heavy atom. The van der Waals surface area contributed by atoms with Gasteiger partial charge in [-0.3, -0.25) is 4.79 Å². The summed E-state index contributed by atoms with van der Waals surface area (Å²) < 4.78 is 1.73. The number of nitrogens with zero attached hydrogens (tertiary/aromatic N) is 2. The van der Waals surface area contributed by atoms with Crippen LogP contribution in [0.25, 0.3) is 0 Å². The number of halogens is 1. The van der Waals surface area contributed by atoms with Gasteiger partial charge in [0.25, 0.3) is 5.56 Å². The van der Waals surface area contributed by atoms with E-state index in [2.05, 4.69) is 45.4 Å². The fourth-order valence-electron chi connectivity index (χ4n) is 1.32. The molecule has 1 heterocycles. The minimum atomic E-state index is -0.212. The molecule has 1 N–H and O–H groups in total. The molecule has 0 bridgehead atoms. The molecule has 0 radical (unpaired) electrons. The Morgan fingerprint density at radius 1 is 1.72 bits per heavy atom. The maximum Gasteiger partial charge on any atom is 0.284 e. The quantitative estimate of drug-likeness (QED) is 0.813. The predicted octanol–water partition coefficient (Wildman–Crippen LogP) is 2.19. The number of rotatable bonds is 6. The van der Waals surface area contributed by atoms with E-state index in [1.165, 1.54) is 4.68 Å². The molecule has 4 nitrogen and oxygen atoms in total. The number of terminal acetylenes is 1. The van der Waals surface area contributed by atoms with Crippen LogP contribution >= 0.6 is 27.7 Å². The lowest BCUT2D eigenvalue weighted by Crippen LogP contribution is -2.24. The maximum atomic E-state index is 11.8. The number of hydrogen-bond acceptors (Lipinski definition) is 4. The van der Waals surface area contributed by atoms with Crippen molar-refractivity contribution >= 4 is 33.4 Å². The van der Waals surface area contributed by atoms with E-state index in [-0.39, 0.29) is 12.1 Å². The lowest BCUT2D eigenvalue weighted by Gasteiger charge is -2.11. The number of aromatic nitrogens is 2. The van der Waals surface area contributed by atoms with Gasteiger partial charge in [-0.2, -0.15) is 16.9 Å². The smallest absolute Gasteiger partial charge is 0.284 e. The van der Waals surface area contributed by atoms with Crippen molar-refractivity contribution in [2.24, 2.45) is 0 Å². The van der Waals surface area contributed by atoms with Crippen molar-refractivity contribution < 1.29 is 0 Å². The predicted molar refractivity (Wildman–Crippen MR) is 81.1 cm³/mol. The second kappa shape index (κ2) is 7.49. The van der Waals surface area contributed by atoms with Crippen molar-refractivity contribution in [2.75, 3.05) is 18.1 Å². The molecule has 98 valence electrons. The summed E-state index contributed by atoms with van der Waals surface area (Å²) in [4.78, 5) is 11.8. The van der Waals surface area contributed by atoms with Crippen LogP contribution in [0.2, 0.25) is 0 Å². The van der Waals surface area contributed by atoms with Crippen molar-refractivity contribution in [3.8, 4) is 12.3 Å². The molecule has 0 aliphatic carbocycles. The van der Waals surface area contributed by atoms with Crippen LogP contribution in [-0.2, 0) is 6.54 Å². The van der Waals surface area contributed by atoms with Crippen molar-refractivity contribution in [3.63, 3.8) is 0 Å². The summed E-state index contributed by atoms with van der Waals surface area (Å²) in [6.07, 6.45) is 9.90. The van der Waals surface area contributed by atoms with E-state index >= 15 is 0 Å². The number of thioether (sulfide) groups is 1. The Bertz CT molecular complexity index is 495. The average Bonchev–Trinajstić information content (AvgIpc) is 2.37. The van der Waals surface area contributed by atoms with Crippen LogP contribution in [0.5, 0.6) is 0 Å². The highest BCUT2D eigenvalue weighted by Gasteiger charge is 2.08. The highest BCUT2D eigenvalue weighted by Crippen LogP contribution is 2.17. The van der Waals surface area contributed by atoms with E-state index < -0.39 is 0 Å². The van der Waals surface area contributed by atoms with E-state index in [1.54, 1.807) is 6.20 Å². The summed E-state index contributed by atoms with van der Waals surface area (Å²) in [6, 6.07) is 0. The van der Waals surface area contributed by atoms with Crippen molar-refractivity contribution in [3.05, 3.63) is 21.0 Å². The molecule has 1 unspecified atom stereocenters. The van der Waals surface area contributed by atoms with Crippen LogP contribution in [0.15, 0.2) is 15.5 Å². The Labute approximate surface area is 120 Å². The van der Waals surface area contributed by atoms with E-state index in [0.29, 0.717) is 15.4 Å². The first-order valence-corrected chi connectivity index (χ1v) is 7.64. The Morgan fingerprint density at radius 3 is 3.06 bits per heavy atom. The standard InChI is InChI=1S/C12H16BrN3OS/c1-4-7-16-12(17)11(13)10(8-15-16)14-6-5-9(2)18-3/h1,8-9,14H,5-7H2,2-3H3. The molecule has 0 amide bonds. The number of hydrogen-bond donors (Lipinski definition) is 1. The van der Waals surface area contributed by atoms with Gasteiger partial charge in [0.05, 0.1) is 11.9 Å². The summed E-state index contributed by atoms with van der Waals surface area (Å²) in [5, 5.41) is 7.80. The molecular formula is C12H16BrN3OS. The highest BCUT2D eigenvalue weighted by molar-refractivity contribution is 9.10. The van der Waals surface area contributed by atoms with Gasteiger partial charge < -0.3 is 5.32 Å². The zero-order chi connectivity index (χ0) is 13.5. The van der Waals surface area contributed by atoms with Crippen LogP contribution < -0.4 is 10.9 Å². The second-order valence-corrected chi connectivity index (χ2v) is 5.87. The molecule has 0 fully saturated rings. The zero-order valence-corrected chi connectivity index (χ0v) is 12.8. The van der Waals surface area contributed by atoms with E-state index in [1.807, 2.05) is 11.8 Å². The maximum absolute atomic E-state index is 11.8. The minimum absolute atomic E-state index is 0.182. The van der Waals surface area contributed by atoms with Gasteiger partial charge in [0, 0.05) is 11.8 Å². The normalized spacial score (nSPS) is 11.9. The first kappa shape index (κ1) is 15.1. The Balaban J connectivity index is 2.71. The van der Waals surface area contributed by atoms with Crippen molar-refractivity contribution in [2.45, 2.75) is 25.1 Å². The lowest BCUT2D eigenvalue weighted by atomic mass is 10.3. The third-order valence-electron chi connectivity index (χ3n) is 2.49. The van der Waals surface area contributed by atoms with Gasteiger partial charge >= 0.3 is 0 Å². The zero-order valence-electron chi connectivity index (χ0n) is 10.4. The first-order valence-electron chi connectivity index (χ1n) is 5.56.